The lowest BCUT2D eigenvalue weighted by Crippen LogP contribution is -2.12. The summed E-state index contributed by atoms with van der Waals surface area (Å²) < 4.78 is 40.5. The lowest BCUT2D eigenvalue weighted by Gasteiger charge is -2.12. The van der Waals surface area contributed by atoms with Crippen LogP contribution >= 0.6 is 11.8 Å². The number of hydrogen-bond donors (Lipinski definition) is 1. The number of rotatable bonds is 6. The van der Waals surface area contributed by atoms with Crippen LogP contribution in [0.4, 0.5) is 18.9 Å². The number of carbonyl (C=O) groups excluding carboxylic acids is 2. The molecule has 1 aliphatic rings. The number of anilines is 1. The van der Waals surface area contributed by atoms with Crippen molar-refractivity contribution in [2.24, 2.45) is 5.92 Å². The van der Waals surface area contributed by atoms with Crippen molar-refractivity contribution < 1.29 is 22.8 Å². The van der Waals surface area contributed by atoms with Gasteiger partial charge >= 0.3 is 0 Å². The van der Waals surface area contributed by atoms with Gasteiger partial charge in [-0.2, -0.15) is 0 Å². The van der Waals surface area contributed by atoms with Gasteiger partial charge in [-0.1, -0.05) is 0 Å². The van der Waals surface area contributed by atoms with Crippen LogP contribution in [0.2, 0.25) is 0 Å². The van der Waals surface area contributed by atoms with Gasteiger partial charge in [0.05, 0.1) is 0 Å². The minimum atomic E-state index is -1.06. The Morgan fingerprint density at radius 2 is 1.79 bits per heavy atom. The molecule has 0 bridgehead atoms. The van der Waals surface area contributed by atoms with Crippen LogP contribution in [0.1, 0.15) is 43.0 Å². The molecule has 0 aromatic heterocycles. The second-order valence-corrected chi connectivity index (χ2v) is 8.40. The molecule has 0 aliphatic heterocycles. The highest BCUT2D eigenvalue weighted by Crippen LogP contribution is 2.40. The molecule has 28 heavy (non-hydrogen) atoms. The molecule has 2 aromatic rings. The number of nitrogens with one attached hydrogen (secondary N) is 1. The van der Waals surface area contributed by atoms with E-state index in [9.17, 15) is 22.8 Å². The first-order valence-corrected chi connectivity index (χ1v) is 9.92. The Balaban J connectivity index is 1.68. The minimum absolute atomic E-state index is 0.116. The molecule has 0 spiro atoms. The SMILES string of the molecule is CC(=O)CC1CCC(Sc2cc(C(=O)Nc3ccc(F)c(F)c3)ccc2F)C1. The van der Waals surface area contributed by atoms with Crippen LogP contribution in [-0.2, 0) is 4.79 Å². The first-order chi connectivity index (χ1) is 13.3. The van der Waals surface area contributed by atoms with Crippen molar-refractivity contribution in [2.75, 3.05) is 5.32 Å². The quantitative estimate of drug-likeness (QED) is 0.678. The summed E-state index contributed by atoms with van der Waals surface area (Å²) >= 11 is 1.38. The molecule has 1 amide bonds. The van der Waals surface area contributed by atoms with E-state index >= 15 is 0 Å². The molecular weight excluding hydrogens is 387 g/mol. The molecule has 3 rings (SSSR count). The molecule has 2 atom stereocenters. The number of halogens is 3. The van der Waals surface area contributed by atoms with E-state index in [1.165, 1.54) is 36.0 Å². The molecule has 7 heteroatoms. The van der Waals surface area contributed by atoms with Gasteiger partial charge in [-0.3, -0.25) is 4.79 Å². The van der Waals surface area contributed by atoms with Gasteiger partial charge in [0.1, 0.15) is 11.6 Å². The first kappa shape index (κ1) is 20.5. The number of thioether (sulfide) groups is 1. The smallest absolute Gasteiger partial charge is 0.255 e. The fourth-order valence-electron chi connectivity index (χ4n) is 3.42. The Bertz CT molecular complexity index is 903. The molecule has 2 unspecified atom stereocenters. The molecular formula is C21H20F3NO2S. The largest absolute Gasteiger partial charge is 0.322 e. The van der Waals surface area contributed by atoms with Crippen molar-refractivity contribution >= 4 is 29.1 Å². The monoisotopic (exact) mass is 407 g/mol. The van der Waals surface area contributed by atoms with Crippen molar-refractivity contribution in [3.05, 3.63) is 59.4 Å². The van der Waals surface area contributed by atoms with E-state index in [1.54, 1.807) is 6.92 Å². The number of carbonyl (C=O) groups is 2. The summed E-state index contributed by atoms with van der Waals surface area (Å²) in [5.74, 6) is -2.51. The molecule has 2 aromatic carbocycles. The predicted octanol–water partition coefficient (Wildman–Crippen LogP) is 5.60. The van der Waals surface area contributed by atoms with Gasteiger partial charge in [-0.15, -0.1) is 11.8 Å². The maximum Gasteiger partial charge on any atom is 0.255 e. The molecule has 0 radical (unpaired) electrons. The highest BCUT2D eigenvalue weighted by atomic mass is 32.2. The fraction of sp³-hybridized carbons (Fsp3) is 0.333. The highest BCUT2D eigenvalue weighted by Gasteiger charge is 2.27. The maximum atomic E-state index is 14.2. The zero-order valence-corrected chi connectivity index (χ0v) is 16.1. The van der Waals surface area contributed by atoms with Crippen LogP contribution in [0.25, 0.3) is 0 Å². The second-order valence-electron chi connectivity index (χ2n) is 7.05. The van der Waals surface area contributed by atoms with Gasteiger partial charge < -0.3 is 10.1 Å². The number of benzene rings is 2. The summed E-state index contributed by atoms with van der Waals surface area (Å²) in [5.41, 5.74) is 0.345. The van der Waals surface area contributed by atoms with Gasteiger partial charge in [0.2, 0.25) is 0 Å². The molecule has 3 nitrogen and oxygen atoms in total. The molecule has 1 fully saturated rings. The fourth-order valence-corrected chi connectivity index (χ4v) is 4.78. The average Bonchev–Trinajstić information content (AvgIpc) is 3.06. The molecule has 1 saturated carbocycles. The number of hydrogen-bond acceptors (Lipinski definition) is 3. The van der Waals surface area contributed by atoms with Crippen LogP contribution in [0.15, 0.2) is 41.3 Å². The standard InChI is InChI=1S/C21H20F3NO2S/c1-12(26)8-13-2-5-16(9-13)28-20-10-14(3-6-18(20)23)21(27)25-15-4-7-17(22)19(24)11-15/h3-4,6-7,10-11,13,16H,2,5,8-9H2,1H3,(H,25,27). The molecule has 0 saturated heterocycles. The topological polar surface area (TPSA) is 46.2 Å². The van der Waals surface area contributed by atoms with E-state index in [4.69, 9.17) is 0 Å². The first-order valence-electron chi connectivity index (χ1n) is 9.04. The summed E-state index contributed by atoms with van der Waals surface area (Å²) in [5, 5.41) is 2.68. The highest BCUT2D eigenvalue weighted by molar-refractivity contribution is 8.00. The van der Waals surface area contributed by atoms with E-state index in [0.717, 1.165) is 31.4 Å². The molecule has 1 aliphatic carbocycles. The van der Waals surface area contributed by atoms with E-state index in [2.05, 4.69) is 5.32 Å². The van der Waals surface area contributed by atoms with E-state index in [0.29, 0.717) is 17.2 Å². The van der Waals surface area contributed by atoms with Crippen molar-refractivity contribution in [3.63, 3.8) is 0 Å². The van der Waals surface area contributed by atoms with Gasteiger partial charge in [-0.25, -0.2) is 13.2 Å². The summed E-state index contributed by atoms with van der Waals surface area (Å²) in [6.45, 7) is 1.58. The Labute approximate surface area is 165 Å². The predicted molar refractivity (Wildman–Crippen MR) is 103 cm³/mol. The minimum Gasteiger partial charge on any atom is -0.322 e. The van der Waals surface area contributed by atoms with Gasteiger partial charge in [-0.05, 0) is 62.4 Å². The molecule has 0 heterocycles. The normalized spacial score (nSPS) is 18.9. The number of amides is 1. The lowest BCUT2D eigenvalue weighted by molar-refractivity contribution is -0.117. The Hall–Kier alpha value is -2.28. The summed E-state index contributed by atoms with van der Waals surface area (Å²) in [6, 6.07) is 7.11. The molecule has 1 N–H and O–H groups in total. The third kappa shape index (κ3) is 5.16. The number of ketones is 1. The Kier molecular flexibility index (Phi) is 6.44. The van der Waals surface area contributed by atoms with E-state index in [-0.39, 0.29) is 22.3 Å². The van der Waals surface area contributed by atoms with Crippen LogP contribution < -0.4 is 5.32 Å². The Morgan fingerprint density at radius 3 is 2.50 bits per heavy atom. The van der Waals surface area contributed by atoms with Gasteiger partial charge in [0.25, 0.3) is 5.91 Å². The van der Waals surface area contributed by atoms with Crippen LogP contribution in [0, 0.1) is 23.4 Å². The van der Waals surface area contributed by atoms with Crippen LogP contribution in [0.3, 0.4) is 0 Å². The third-order valence-corrected chi connectivity index (χ3v) is 6.06. The zero-order valence-electron chi connectivity index (χ0n) is 15.3. The van der Waals surface area contributed by atoms with E-state index in [1.807, 2.05) is 0 Å². The Morgan fingerprint density at radius 1 is 1.04 bits per heavy atom. The number of Topliss-reactive ketones (excluding diaryl/α,β-unsaturated/α-hetero) is 1. The maximum absolute atomic E-state index is 14.2. The van der Waals surface area contributed by atoms with Crippen molar-refractivity contribution in [2.45, 2.75) is 42.8 Å². The van der Waals surface area contributed by atoms with Crippen LogP contribution in [-0.4, -0.2) is 16.9 Å². The third-order valence-electron chi connectivity index (χ3n) is 4.73. The lowest BCUT2D eigenvalue weighted by atomic mass is 10.0. The van der Waals surface area contributed by atoms with E-state index < -0.39 is 23.4 Å². The van der Waals surface area contributed by atoms with Crippen molar-refractivity contribution in [1.29, 1.82) is 0 Å². The van der Waals surface area contributed by atoms with Crippen LogP contribution in [0.5, 0.6) is 0 Å². The molecule has 148 valence electrons. The van der Waals surface area contributed by atoms with Crippen molar-refractivity contribution in [1.82, 2.24) is 0 Å². The summed E-state index contributed by atoms with van der Waals surface area (Å²) in [7, 11) is 0. The second kappa shape index (κ2) is 8.82. The van der Waals surface area contributed by atoms with Crippen molar-refractivity contribution in [3.8, 4) is 0 Å². The summed E-state index contributed by atoms with van der Waals surface area (Å²) in [4.78, 5) is 24.0. The average molecular weight is 407 g/mol. The van der Waals surface area contributed by atoms with Gasteiger partial charge in [0.15, 0.2) is 11.6 Å². The van der Waals surface area contributed by atoms with Gasteiger partial charge in [0, 0.05) is 33.9 Å². The zero-order chi connectivity index (χ0) is 20.3. The summed E-state index contributed by atoms with van der Waals surface area (Å²) in [6.07, 6.45) is 3.23.